The summed E-state index contributed by atoms with van der Waals surface area (Å²) >= 11 is 0. The average Bonchev–Trinajstić information content (AvgIpc) is 2.76. The zero-order valence-corrected chi connectivity index (χ0v) is 22.0. The number of nitrogens with one attached hydrogen (secondary N) is 3. The molecule has 3 N–H and O–H groups in total. The first-order valence-corrected chi connectivity index (χ1v) is 12.5. The fourth-order valence-electron chi connectivity index (χ4n) is 3.79. The van der Waals surface area contributed by atoms with Gasteiger partial charge >= 0.3 is 6.09 Å². The van der Waals surface area contributed by atoms with Gasteiger partial charge in [-0.1, -0.05) is 71.9 Å². The molecule has 8 nitrogen and oxygen atoms in total. The lowest BCUT2D eigenvalue weighted by Crippen LogP contribution is -2.55. The van der Waals surface area contributed by atoms with Crippen molar-refractivity contribution in [1.29, 1.82) is 0 Å². The number of benzene rings is 1. The van der Waals surface area contributed by atoms with E-state index in [0.29, 0.717) is 25.2 Å². The Balaban J connectivity index is 2.86. The fraction of sp³-hybridized carbons (Fsp3) is 0.630. The SMILES string of the molecule is CC(C)CC(CC=O)NC(=O)C(CC(C)C)NC(=O)C(CC(C)C)NC(=O)OCc1ccccc1. The predicted octanol–water partition coefficient (Wildman–Crippen LogP) is 3.98. The molecule has 1 rings (SSSR count). The second-order valence-corrected chi connectivity index (χ2v) is 10.3. The molecule has 3 amide bonds. The number of carbonyl (C=O) groups is 4. The summed E-state index contributed by atoms with van der Waals surface area (Å²) in [7, 11) is 0. The second-order valence-electron chi connectivity index (χ2n) is 10.3. The van der Waals surface area contributed by atoms with E-state index in [1.165, 1.54) is 0 Å². The van der Waals surface area contributed by atoms with Crippen LogP contribution in [0.5, 0.6) is 0 Å². The standard InChI is InChI=1S/C27H43N3O5/c1-18(2)14-22(12-13-31)28-25(32)23(15-19(3)4)29-26(33)24(16-20(5)6)30-27(34)35-17-21-10-8-7-9-11-21/h7-11,13,18-20,22-24H,12,14-17H2,1-6H3,(H,28,32)(H,29,33)(H,30,34). The minimum atomic E-state index is -0.845. The number of hydrogen-bond acceptors (Lipinski definition) is 5. The first-order chi connectivity index (χ1) is 16.5. The Labute approximate surface area is 210 Å². The largest absolute Gasteiger partial charge is 0.445 e. The minimum absolute atomic E-state index is 0.0923. The summed E-state index contributed by atoms with van der Waals surface area (Å²) < 4.78 is 5.28. The number of aldehydes is 1. The van der Waals surface area contributed by atoms with Gasteiger partial charge in [0, 0.05) is 12.5 Å². The third-order valence-electron chi connectivity index (χ3n) is 5.35. The summed E-state index contributed by atoms with van der Waals surface area (Å²) in [6.45, 7) is 12.0. The van der Waals surface area contributed by atoms with E-state index in [1.54, 1.807) is 0 Å². The molecule has 1 aromatic rings. The van der Waals surface area contributed by atoms with E-state index < -0.39 is 24.1 Å². The molecule has 0 bridgehead atoms. The molecule has 3 atom stereocenters. The Morgan fingerprint density at radius 3 is 1.80 bits per heavy atom. The van der Waals surface area contributed by atoms with Gasteiger partial charge in [-0.05, 0) is 42.6 Å². The van der Waals surface area contributed by atoms with E-state index in [4.69, 9.17) is 4.74 Å². The lowest BCUT2D eigenvalue weighted by Gasteiger charge is -2.27. The zero-order valence-electron chi connectivity index (χ0n) is 22.0. The van der Waals surface area contributed by atoms with Crippen LogP contribution in [0.1, 0.15) is 72.8 Å². The van der Waals surface area contributed by atoms with Gasteiger partial charge in [0.2, 0.25) is 11.8 Å². The maximum absolute atomic E-state index is 13.2. The molecule has 1 aromatic carbocycles. The molecule has 3 unspecified atom stereocenters. The molecule has 35 heavy (non-hydrogen) atoms. The molecule has 0 saturated carbocycles. The van der Waals surface area contributed by atoms with Gasteiger partial charge in [0.25, 0.3) is 0 Å². The first kappa shape index (κ1) is 30.1. The van der Waals surface area contributed by atoms with E-state index in [2.05, 4.69) is 16.0 Å². The van der Waals surface area contributed by atoms with Gasteiger partial charge in [0.05, 0.1) is 0 Å². The highest BCUT2D eigenvalue weighted by Crippen LogP contribution is 2.12. The fourth-order valence-corrected chi connectivity index (χ4v) is 3.79. The summed E-state index contributed by atoms with van der Waals surface area (Å²) in [5.41, 5.74) is 0.840. The van der Waals surface area contributed by atoms with E-state index in [0.717, 1.165) is 11.8 Å². The van der Waals surface area contributed by atoms with Crippen LogP contribution in [-0.4, -0.2) is 42.3 Å². The number of carbonyl (C=O) groups excluding carboxylic acids is 4. The average molecular weight is 490 g/mol. The van der Waals surface area contributed by atoms with Crippen LogP contribution < -0.4 is 16.0 Å². The normalized spacial score (nSPS) is 13.7. The Kier molecular flexibility index (Phi) is 13.7. The lowest BCUT2D eigenvalue weighted by molar-refractivity contribution is -0.131. The quantitative estimate of drug-likeness (QED) is 0.323. The number of rotatable bonds is 15. The van der Waals surface area contributed by atoms with E-state index in [1.807, 2.05) is 71.9 Å². The van der Waals surface area contributed by atoms with Crippen LogP contribution in [0.25, 0.3) is 0 Å². The summed E-state index contributed by atoms with van der Waals surface area (Å²) in [5.74, 6) is -0.185. The van der Waals surface area contributed by atoms with Gasteiger partial charge in [-0.2, -0.15) is 0 Å². The molecule has 0 aromatic heterocycles. The topological polar surface area (TPSA) is 114 Å². The van der Waals surface area contributed by atoms with Crippen molar-refractivity contribution in [2.75, 3.05) is 0 Å². The van der Waals surface area contributed by atoms with Crippen molar-refractivity contribution in [3.05, 3.63) is 35.9 Å². The highest BCUT2D eigenvalue weighted by Gasteiger charge is 2.29. The Morgan fingerprint density at radius 2 is 1.29 bits per heavy atom. The van der Waals surface area contributed by atoms with Gasteiger partial charge < -0.3 is 25.5 Å². The van der Waals surface area contributed by atoms with Crippen LogP contribution in [0.4, 0.5) is 4.79 Å². The van der Waals surface area contributed by atoms with Crippen molar-refractivity contribution < 1.29 is 23.9 Å². The van der Waals surface area contributed by atoms with Crippen molar-refractivity contribution in [2.24, 2.45) is 17.8 Å². The van der Waals surface area contributed by atoms with Crippen molar-refractivity contribution >= 4 is 24.2 Å². The molecule has 0 saturated heterocycles. The first-order valence-electron chi connectivity index (χ1n) is 12.5. The lowest BCUT2D eigenvalue weighted by atomic mass is 9.98. The van der Waals surface area contributed by atoms with Crippen molar-refractivity contribution in [3.8, 4) is 0 Å². The van der Waals surface area contributed by atoms with Gasteiger partial charge in [-0.15, -0.1) is 0 Å². The Hall–Kier alpha value is -2.90. The van der Waals surface area contributed by atoms with Gasteiger partial charge in [-0.25, -0.2) is 4.79 Å². The van der Waals surface area contributed by atoms with E-state index in [-0.39, 0.29) is 36.8 Å². The molecule has 8 heteroatoms. The molecule has 0 spiro atoms. The van der Waals surface area contributed by atoms with Crippen LogP contribution in [0.2, 0.25) is 0 Å². The van der Waals surface area contributed by atoms with Crippen LogP contribution in [0, 0.1) is 17.8 Å². The number of hydrogen-bond donors (Lipinski definition) is 3. The molecule has 0 aliphatic rings. The Bertz CT molecular complexity index is 795. The molecule has 0 aliphatic heterocycles. The van der Waals surface area contributed by atoms with Crippen LogP contribution in [-0.2, 0) is 25.7 Å². The molecule has 0 heterocycles. The number of alkyl carbamates (subject to hydrolysis) is 1. The predicted molar refractivity (Wildman–Crippen MR) is 136 cm³/mol. The summed E-state index contributed by atoms with van der Waals surface area (Å²) in [6, 6.07) is 7.36. The van der Waals surface area contributed by atoms with Crippen molar-refractivity contribution in [2.45, 2.75) is 92.0 Å². The summed E-state index contributed by atoms with van der Waals surface area (Å²) in [4.78, 5) is 49.7. The smallest absolute Gasteiger partial charge is 0.408 e. The van der Waals surface area contributed by atoms with Gasteiger partial charge in [0.15, 0.2) is 0 Å². The Morgan fingerprint density at radius 1 is 0.771 bits per heavy atom. The minimum Gasteiger partial charge on any atom is -0.445 e. The van der Waals surface area contributed by atoms with Crippen molar-refractivity contribution in [1.82, 2.24) is 16.0 Å². The number of amides is 3. The van der Waals surface area contributed by atoms with Gasteiger partial charge in [0.1, 0.15) is 25.0 Å². The van der Waals surface area contributed by atoms with Crippen LogP contribution >= 0.6 is 0 Å². The maximum Gasteiger partial charge on any atom is 0.408 e. The molecular formula is C27H43N3O5. The third kappa shape index (κ3) is 12.9. The molecule has 0 radical (unpaired) electrons. The molecular weight excluding hydrogens is 446 g/mol. The summed E-state index contributed by atoms with van der Waals surface area (Å²) in [5, 5.41) is 8.40. The van der Waals surface area contributed by atoms with E-state index in [9.17, 15) is 19.2 Å². The summed E-state index contributed by atoms with van der Waals surface area (Å²) in [6.07, 6.45) is 1.81. The van der Waals surface area contributed by atoms with Crippen LogP contribution in [0.3, 0.4) is 0 Å². The molecule has 0 fully saturated rings. The third-order valence-corrected chi connectivity index (χ3v) is 5.35. The highest BCUT2D eigenvalue weighted by molar-refractivity contribution is 5.91. The molecule has 0 aliphatic carbocycles. The number of ether oxygens (including phenoxy) is 1. The molecule has 196 valence electrons. The monoisotopic (exact) mass is 489 g/mol. The van der Waals surface area contributed by atoms with Gasteiger partial charge in [-0.3, -0.25) is 9.59 Å². The second kappa shape index (κ2) is 15.9. The maximum atomic E-state index is 13.2. The highest BCUT2D eigenvalue weighted by atomic mass is 16.5. The van der Waals surface area contributed by atoms with Crippen LogP contribution in [0.15, 0.2) is 30.3 Å². The van der Waals surface area contributed by atoms with E-state index >= 15 is 0 Å². The van der Waals surface area contributed by atoms with Crippen molar-refractivity contribution in [3.63, 3.8) is 0 Å². The zero-order chi connectivity index (χ0) is 26.4.